The minimum atomic E-state index is 0.339. The average Bonchev–Trinajstić information content (AvgIpc) is 2.41. The second kappa shape index (κ2) is 4.66. The zero-order valence-electron chi connectivity index (χ0n) is 6.21. The Labute approximate surface area is 61.5 Å². The van der Waals surface area contributed by atoms with Gasteiger partial charge in [-0.3, -0.25) is 0 Å². The summed E-state index contributed by atoms with van der Waals surface area (Å²) in [6, 6.07) is 0. The van der Waals surface area contributed by atoms with Crippen molar-refractivity contribution in [3.05, 3.63) is 0 Å². The summed E-state index contributed by atoms with van der Waals surface area (Å²) in [5.74, 6) is 0. The molecule has 1 aliphatic rings. The molecule has 0 radical (unpaired) electrons. The van der Waals surface area contributed by atoms with Gasteiger partial charge in [-0.2, -0.15) is 0 Å². The van der Waals surface area contributed by atoms with Gasteiger partial charge in [0.1, 0.15) is 0 Å². The van der Waals surface area contributed by atoms with Crippen molar-refractivity contribution in [2.24, 2.45) is 5.73 Å². The first-order chi connectivity index (χ1) is 4.93. The van der Waals surface area contributed by atoms with Crippen molar-refractivity contribution in [2.45, 2.75) is 18.9 Å². The molecule has 1 rings (SSSR count). The van der Waals surface area contributed by atoms with E-state index in [0.29, 0.717) is 12.6 Å². The standard InChI is InChI=1S/C7H15NO2/c8-3-1-4-10-7-2-5-9-6-7/h7H,1-6,8H2/t7-/m1/s1. The molecule has 1 heterocycles. The summed E-state index contributed by atoms with van der Waals surface area (Å²) in [6.45, 7) is 3.12. The van der Waals surface area contributed by atoms with Gasteiger partial charge in [-0.05, 0) is 19.4 Å². The van der Waals surface area contributed by atoms with Crippen molar-refractivity contribution in [3.63, 3.8) is 0 Å². The van der Waals surface area contributed by atoms with E-state index in [1.54, 1.807) is 0 Å². The molecule has 0 aromatic rings. The van der Waals surface area contributed by atoms with E-state index in [-0.39, 0.29) is 0 Å². The summed E-state index contributed by atoms with van der Waals surface area (Å²) in [6.07, 6.45) is 2.34. The zero-order chi connectivity index (χ0) is 7.23. The van der Waals surface area contributed by atoms with Crippen LogP contribution >= 0.6 is 0 Å². The van der Waals surface area contributed by atoms with Crippen LogP contribution in [0.1, 0.15) is 12.8 Å². The Balaban J connectivity index is 1.91. The van der Waals surface area contributed by atoms with E-state index >= 15 is 0 Å². The minimum absolute atomic E-state index is 0.339. The second-order valence-corrected chi connectivity index (χ2v) is 2.50. The Hall–Kier alpha value is -0.120. The topological polar surface area (TPSA) is 44.5 Å². The molecular weight excluding hydrogens is 130 g/mol. The van der Waals surface area contributed by atoms with E-state index in [9.17, 15) is 0 Å². The van der Waals surface area contributed by atoms with Crippen LogP contribution in [-0.4, -0.2) is 32.5 Å². The molecule has 0 spiro atoms. The second-order valence-electron chi connectivity index (χ2n) is 2.50. The van der Waals surface area contributed by atoms with Gasteiger partial charge in [-0.25, -0.2) is 0 Å². The molecule has 2 N–H and O–H groups in total. The molecule has 3 heteroatoms. The van der Waals surface area contributed by atoms with Crippen LogP contribution in [0.25, 0.3) is 0 Å². The predicted molar refractivity (Wildman–Crippen MR) is 38.8 cm³/mol. The van der Waals surface area contributed by atoms with E-state index < -0.39 is 0 Å². The Morgan fingerprint density at radius 1 is 1.60 bits per heavy atom. The molecule has 1 aliphatic heterocycles. The van der Waals surface area contributed by atoms with Gasteiger partial charge in [0.25, 0.3) is 0 Å². The number of ether oxygens (including phenoxy) is 2. The number of hydrogen-bond donors (Lipinski definition) is 1. The summed E-state index contributed by atoms with van der Waals surface area (Å²) >= 11 is 0. The quantitative estimate of drug-likeness (QED) is 0.572. The maximum absolute atomic E-state index is 5.44. The first-order valence-corrected chi connectivity index (χ1v) is 3.83. The molecule has 1 atom stereocenters. The van der Waals surface area contributed by atoms with Crippen LogP contribution in [0.15, 0.2) is 0 Å². The lowest BCUT2D eigenvalue weighted by molar-refractivity contribution is 0.0424. The van der Waals surface area contributed by atoms with Crippen LogP contribution < -0.4 is 5.73 Å². The lowest BCUT2D eigenvalue weighted by Gasteiger charge is -2.07. The van der Waals surface area contributed by atoms with Crippen LogP contribution in [0.4, 0.5) is 0 Å². The summed E-state index contributed by atoms with van der Waals surface area (Å²) in [5, 5.41) is 0. The number of nitrogens with two attached hydrogens (primary N) is 1. The third kappa shape index (κ3) is 2.64. The third-order valence-electron chi connectivity index (χ3n) is 1.59. The minimum Gasteiger partial charge on any atom is -0.379 e. The highest BCUT2D eigenvalue weighted by atomic mass is 16.5. The fraction of sp³-hybridized carbons (Fsp3) is 1.00. The third-order valence-corrected chi connectivity index (χ3v) is 1.59. The van der Waals surface area contributed by atoms with Gasteiger partial charge in [0.05, 0.1) is 12.7 Å². The average molecular weight is 145 g/mol. The molecule has 60 valence electrons. The van der Waals surface area contributed by atoms with Gasteiger partial charge in [-0.1, -0.05) is 0 Å². The maximum atomic E-state index is 5.44. The van der Waals surface area contributed by atoms with Crippen molar-refractivity contribution in [3.8, 4) is 0 Å². The first-order valence-electron chi connectivity index (χ1n) is 3.83. The molecule has 0 aliphatic carbocycles. The molecule has 0 saturated carbocycles. The van der Waals surface area contributed by atoms with E-state index in [2.05, 4.69) is 0 Å². The highest BCUT2D eigenvalue weighted by molar-refractivity contribution is 4.62. The summed E-state index contributed by atoms with van der Waals surface area (Å²) in [4.78, 5) is 0. The van der Waals surface area contributed by atoms with Gasteiger partial charge in [-0.15, -0.1) is 0 Å². The molecule has 0 bridgehead atoms. The van der Waals surface area contributed by atoms with Crippen LogP contribution in [0.5, 0.6) is 0 Å². The summed E-state index contributed by atoms with van der Waals surface area (Å²) in [7, 11) is 0. The smallest absolute Gasteiger partial charge is 0.0830 e. The van der Waals surface area contributed by atoms with Crippen molar-refractivity contribution in [2.75, 3.05) is 26.4 Å². The molecule has 0 amide bonds. The van der Waals surface area contributed by atoms with E-state index in [0.717, 1.165) is 32.7 Å². The lowest BCUT2D eigenvalue weighted by Crippen LogP contribution is -2.14. The Morgan fingerprint density at radius 3 is 3.10 bits per heavy atom. The van der Waals surface area contributed by atoms with Crippen molar-refractivity contribution < 1.29 is 9.47 Å². The lowest BCUT2D eigenvalue weighted by atomic mass is 10.3. The molecule has 0 aromatic carbocycles. The zero-order valence-corrected chi connectivity index (χ0v) is 6.21. The van der Waals surface area contributed by atoms with Gasteiger partial charge in [0, 0.05) is 13.2 Å². The molecule has 0 aromatic heterocycles. The predicted octanol–water partition coefficient (Wildman–Crippen LogP) is 0.141. The molecule has 3 nitrogen and oxygen atoms in total. The van der Waals surface area contributed by atoms with Crippen LogP contribution in [0.2, 0.25) is 0 Å². The molecular formula is C7H15NO2. The Morgan fingerprint density at radius 2 is 2.50 bits per heavy atom. The highest BCUT2D eigenvalue weighted by Gasteiger charge is 2.14. The number of rotatable bonds is 4. The maximum Gasteiger partial charge on any atom is 0.0830 e. The molecule has 10 heavy (non-hydrogen) atoms. The van der Waals surface area contributed by atoms with Gasteiger partial charge in [0.2, 0.25) is 0 Å². The van der Waals surface area contributed by atoms with Crippen molar-refractivity contribution >= 4 is 0 Å². The Bertz CT molecular complexity index is 81.7. The van der Waals surface area contributed by atoms with Crippen molar-refractivity contribution in [1.29, 1.82) is 0 Å². The summed E-state index contributed by atoms with van der Waals surface area (Å²) in [5.41, 5.74) is 5.30. The first kappa shape index (κ1) is 7.98. The van der Waals surface area contributed by atoms with E-state index in [1.165, 1.54) is 0 Å². The fourth-order valence-corrected chi connectivity index (χ4v) is 0.978. The SMILES string of the molecule is NCCCO[C@@H]1CCOC1. The van der Waals surface area contributed by atoms with Gasteiger partial charge < -0.3 is 15.2 Å². The molecule has 0 unspecified atom stereocenters. The van der Waals surface area contributed by atoms with Crippen molar-refractivity contribution in [1.82, 2.24) is 0 Å². The number of hydrogen-bond acceptors (Lipinski definition) is 3. The normalized spacial score (nSPS) is 25.5. The Kier molecular flexibility index (Phi) is 3.72. The fourth-order valence-electron chi connectivity index (χ4n) is 0.978. The van der Waals surface area contributed by atoms with Crippen LogP contribution in [0.3, 0.4) is 0 Å². The molecule has 1 fully saturated rings. The van der Waals surface area contributed by atoms with Crippen LogP contribution in [0, 0.1) is 0 Å². The van der Waals surface area contributed by atoms with E-state index in [4.69, 9.17) is 15.2 Å². The molecule has 1 saturated heterocycles. The van der Waals surface area contributed by atoms with E-state index in [1.807, 2.05) is 0 Å². The monoisotopic (exact) mass is 145 g/mol. The van der Waals surface area contributed by atoms with Crippen LogP contribution in [-0.2, 0) is 9.47 Å². The highest BCUT2D eigenvalue weighted by Crippen LogP contribution is 2.07. The summed E-state index contributed by atoms with van der Waals surface area (Å²) < 4.78 is 10.6. The largest absolute Gasteiger partial charge is 0.379 e. The van der Waals surface area contributed by atoms with Gasteiger partial charge in [0.15, 0.2) is 0 Å². The van der Waals surface area contributed by atoms with Gasteiger partial charge >= 0.3 is 0 Å².